The van der Waals surface area contributed by atoms with Crippen LogP contribution < -0.4 is 5.56 Å². The van der Waals surface area contributed by atoms with E-state index >= 15 is 0 Å². The van der Waals surface area contributed by atoms with Gasteiger partial charge in [0.15, 0.2) is 0 Å². The Morgan fingerprint density at radius 1 is 1.20 bits per heavy atom. The molecule has 0 aliphatic rings. The Bertz CT molecular complexity index is 677. The molecule has 20 heavy (non-hydrogen) atoms. The second-order valence-electron chi connectivity index (χ2n) is 4.49. The molecular weight excluding hydrogens is 256 g/mol. The van der Waals surface area contributed by atoms with Crippen LogP contribution in [0.1, 0.15) is 16.8 Å². The van der Waals surface area contributed by atoms with Crippen molar-refractivity contribution in [2.45, 2.75) is 19.9 Å². The highest BCUT2D eigenvalue weighted by atomic mass is 16.5. The highest BCUT2D eigenvalue weighted by Crippen LogP contribution is 2.11. The van der Waals surface area contributed by atoms with Gasteiger partial charge in [0.25, 0.3) is 5.56 Å². The van der Waals surface area contributed by atoms with Crippen molar-refractivity contribution >= 4 is 5.97 Å². The van der Waals surface area contributed by atoms with Crippen LogP contribution in [0, 0.1) is 6.92 Å². The zero-order valence-corrected chi connectivity index (χ0v) is 11.5. The Labute approximate surface area is 116 Å². The molecule has 0 aliphatic carbocycles. The Hall–Kier alpha value is -2.43. The molecule has 1 aromatic carbocycles. The van der Waals surface area contributed by atoms with Crippen LogP contribution in [0.5, 0.6) is 0 Å². The molecule has 0 atom stereocenters. The van der Waals surface area contributed by atoms with Gasteiger partial charge in [-0.1, -0.05) is 24.3 Å². The number of benzene rings is 1. The Kier molecular flexibility index (Phi) is 4.30. The number of rotatable bonds is 4. The van der Waals surface area contributed by atoms with Gasteiger partial charge in [0.2, 0.25) is 0 Å². The third-order valence-corrected chi connectivity index (χ3v) is 3.00. The number of carbonyl (C=O) groups excluding carboxylic acids is 1. The van der Waals surface area contributed by atoms with Crippen molar-refractivity contribution in [1.82, 2.24) is 9.78 Å². The van der Waals surface area contributed by atoms with Gasteiger partial charge >= 0.3 is 5.97 Å². The van der Waals surface area contributed by atoms with E-state index in [9.17, 15) is 9.59 Å². The predicted molar refractivity (Wildman–Crippen MR) is 74.5 cm³/mol. The minimum Gasteiger partial charge on any atom is -0.469 e. The van der Waals surface area contributed by atoms with Crippen molar-refractivity contribution in [2.75, 3.05) is 7.11 Å². The summed E-state index contributed by atoms with van der Waals surface area (Å²) >= 11 is 0. The van der Waals surface area contributed by atoms with Crippen LogP contribution in [0.3, 0.4) is 0 Å². The van der Waals surface area contributed by atoms with Crippen molar-refractivity contribution < 1.29 is 9.53 Å². The molecule has 0 spiro atoms. The number of methoxy groups -OCH3 is 1. The largest absolute Gasteiger partial charge is 0.469 e. The van der Waals surface area contributed by atoms with E-state index < -0.39 is 0 Å². The number of ether oxygens (including phenoxy) is 1. The third-order valence-electron chi connectivity index (χ3n) is 3.00. The minimum absolute atomic E-state index is 0.163. The lowest BCUT2D eigenvalue weighted by atomic mass is 10.0. The van der Waals surface area contributed by atoms with Crippen molar-refractivity contribution in [2.24, 2.45) is 0 Å². The maximum atomic E-state index is 11.8. The summed E-state index contributed by atoms with van der Waals surface area (Å²) in [5.41, 5.74) is 2.34. The summed E-state index contributed by atoms with van der Waals surface area (Å²) in [5, 5.41) is 4.20. The summed E-state index contributed by atoms with van der Waals surface area (Å²) in [7, 11) is 1.36. The molecule has 5 nitrogen and oxygen atoms in total. The van der Waals surface area contributed by atoms with Crippen LogP contribution >= 0.6 is 0 Å². The number of hydrogen-bond donors (Lipinski definition) is 0. The number of aromatic nitrogens is 2. The second-order valence-corrected chi connectivity index (χ2v) is 4.49. The molecule has 2 rings (SSSR count). The quantitative estimate of drug-likeness (QED) is 0.787. The average Bonchev–Trinajstić information content (AvgIpc) is 2.44. The number of aryl methyl sites for hydroxylation is 1. The Balaban J connectivity index is 2.31. The Morgan fingerprint density at radius 3 is 2.60 bits per heavy atom. The highest BCUT2D eigenvalue weighted by Gasteiger charge is 2.09. The summed E-state index contributed by atoms with van der Waals surface area (Å²) < 4.78 is 6.07. The highest BCUT2D eigenvalue weighted by molar-refractivity contribution is 5.72. The first-order valence-corrected chi connectivity index (χ1v) is 6.28. The standard InChI is InChI=1S/C15H16N2O3/c1-11-7-8-14(18)17(16-11)10-13-6-4-3-5-12(13)9-15(19)20-2/h3-8H,9-10H2,1-2H3. The fourth-order valence-corrected chi connectivity index (χ4v) is 1.94. The molecule has 0 amide bonds. The molecule has 0 unspecified atom stereocenters. The van der Waals surface area contributed by atoms with E-state index in [1.54, 1.807) is 6.07 Å². The molecule has 0 fully saturated rings. The fourth-order valence-electron chi connectivity index (χ4n) is 1.94. The maximum absolute atomic E-state index is 11.8. The first-order valence-electron chi connectivity index (χ1n) is 6.28. The minimum atomic E-state index is -0.304. The molecule has 0 aliphatic heterocycles. The lowest BCUT2D eigenvalue weighted by Gasteiger charge is -2.10. The van der Waals surface area contributed by atoms with Crippen molar-refractivity contribution in [3.63, 3.8) is 0 Å². The molecule has 5 heteroatoms. The van der Waals surface area contributed by atoms with Crippen LogP contribution in [0.2, 0.25) is 0 Å². The van der Waals surface area contributed by atoms with Crippen molar-refractivity contribution in [3.8, 4) is 0 Å². The summed E-state index contributed by atoms with van der Waals surface area (Å²) in [6.07, 6.45) is 0.188. The monoisotopic (exact) mass is 272 g/mol. The molecule has 0 saturated carbocycles. The second kappa shape index (κ2) is 6.14. The van der Waals surface area contributed by atoms with E-state index in [-0.39, 0.29) is 17.9 Å². The van der Waals surface area contributed by atoms with Gasteiger partial charge in [-0.25, -0.2) is 4.68 Å². The molecule has 104 valence electrons. The zero-order valence-electron chi connectivity index (χ0n) is 11.5. The first kappa shape index (κ1) is 14.0. The maximum Gasteiger partial charge on any atom is 0.309 e. The smallest absolute Gasteiger partial charge is 0.309 e. The van der Waals surface area contributed by atoms with Gasteiger partial charge in [0.05, 0.1) is 25.8 Å². The Morgan fingerprint density at radius 2 is 1.90 bits per heavy atom. The van der Waals surface area contributed by atoms with Gasteiger partial charge in [-0.2, -0.15) is 5.10 Å². The molecule has 1 heterocycles. The van der Waals surface area contributed by atoms with E-state index in [2.05, 4.69) is 9.84 Å². The lowest BCUT2D eigenvalue weighted by Crippen LogP contribution is -2.23. The third kappa shape index (κ3) is 3.32. The van der Waals surface area contributed by atoms with Crippen LogP contribution in [0.15, 0.2) is 41.2 Å². The summed E-state index contributed by atoms with van der Waals surface area (Å²) in [6, 6.07) is 10.6. The van der Waals surface area contributed by atoms with Gasteiger partial charge in [-0.05, 0) is 24.1 Å². The van der Waals surface area contributed by atoms with Crippen LogP contribution in [0.4, 0.5) is 0 Å². The summed E-state index contributed by atoms with van der Waals surface area (Å²) in [6.45, 7) is 2.17. The predicted octanol–water partition coefficient (Wildman–Crippen LogP) is 1.32. The number of esters is 1. The van der Waals surface area contributed by atoms with Gasteiger partial charge in [-0.3, -0.25) is 9.59 Å². The molecule has 0 N–H and O–H groups in total. The molecular formula is C15H16N2O3. The SMILES string of the molecule is COC(=O)Cc1ccccc1Cn1nc(C)ccc1=O. The van der Waals surface area contributed by atoms with Crippen molar-refractivity contribution in [3.05, 3.63) is 63.6 Å². The topological polar surface area (TPSA) is 61.2 Å². The summed E-state index contributed by atoms with van der Waals surface area (Å²) in [4.78, 5) is 23.2. The normalized spacial score (nSPS) is 10.3. The molecule has 2 aromatic rings. The van der Waals surface area contributed by atoms with Gasteiger partial charge in [0, 0.05) is 6.07 Å². The van der Waals surface area contributed by atoms with E-state index in [4.69, 9.17) is 0 Å². The average molecular weight is 272 g/mol. The number of hydrogen-bond acceptors (Lipinski definition) is 4. The first-order chi connectivity index (χ1) is 9.60. The van der Waals surface area contributed by atoms with E-state index in [0.717, 1.165) is 16.8 Å². The summed E-state index contributed by atoms with van der Waals surface area (Å²) in [5.74, 6) is -0.304. The van der Waals surface area contributed by atoms with Crippen LogP contribution in [-0.4, -0.2) is 22.9 Å². The van der Waals surface area contributed by atoms with Gasteiger partial charge in [-0.15, -0.1) is 0 Å². The van der Waals surface area contributed by atoms with E-state index in [1.165, 1.54) is 17.9 Å². The number of nitrogens with zero attached hydrogens (tertiary/aromatic N) is 2. The fraction of sp³-hybridized carbons (Fsp3) is 0.267. The molecule has 0 bridgehead atoms. The lowest BCUT2D eigenvalue weighted by molar-refractivity contribution is -0.139. The van der Waals surface area contributed by atoms with Gasteiger partial charge < -0.3 is 4.74 Å². The van der Waals surface area contributed by atoms with E-state index in [0.29, 0.717) is 6.54 Å². The van der Waals surface area contributed by atoms with Crippen LogP contribution in [0.25, 0.3) is 0 Å². The van der Waals surface area contributed by atoms with Crippen molar-refractivity contribution in [1.29, 1.82) is 0 Å². The zero-order chi connectivity index (χ0) is 14.5. The molecule has 1 aromatic heterocycles. The molecule has 0 saturated heterocycles. The molecule has 0 radical (unpaired) electrons. The van der Waals surface area contributed by atoms with E-state index in [1.807, 2.05) is 31.2 Å². The number of carbonyl (C=O) groups is 1. The van der Waals surface area contributed by atoms with Crippen LogP contribution in [-0.2, 0) is 22.5 Å². The van der Waals surface area contributed by atoms with Gasteiger partial charge in [0.1, 0.15) is 0 Å².